The SMILES string of the molecule is c1ccc(-c2cccc3cc(-c4ccc(N(c5ccccc5)c5cccc6c5-c5ccccc5C65c6ccccc6-c6ccccc65)cc4)ccc23)cc1. The lowest BCUT2D eigenvalue weighted by atomic mass is 9.70. The second kappa shape index (κ2) is 12.0. The molecule has 1 nitrogen and oxygen atoms in total. The van der Waals surface area contributed by atoms with Crippen LogP contribution in [0.1, 0.15) is 22.3 Å². The highest BCUT2D eigenvalue weighted by Crippen LogP contribution is 2.64. The minimum absolute atomic E-state index is 0.391. The number of para-hydroxylation sites is 1. The molecule has 0 unspecified atom stereocenters. The van der Waals surface area contributed by atoms with Crippen LogP contribution in [0.15, 0.2) is 212 Å². The van der Waals surface area contributed by atoms with Gasteiger partial charge >= 0.3 is 0 Å². The Labute approximate surface area is 316 Å². The van der Waals surface area contributed by atoms with E-state index in [-0.39, 0.29) is 0 Å². The average Bonchev–Trinajstić information content (AvgIpc) is 3.72. The van der Waals surface area contributed by atoms with Crippen molar-refractivity contribution in [2.75, 3.05) is 4.90 Å². The lowest BCUT2D eigenvalue weighted by molar-refractivity contribution is 0.794. The smallest absolute Gasteiger partial charge is 0.0726 e. The fraction of sp³-hybridized carbons (Fsp3) is 0.0189. The van der Waals surface area contributed by atoms with Gasteiger partial charge in [-0.25, -0.2) is 0 Å². The summed E-state index contributed by atoms with van der Waals surface area (Å²) in [5, 5.41) is 2.51. The first-order valence-corrected chi connectivity index (χ1v) is 18.8. The van der Waals surface area contributed by atoms with Gasteiger partial charge in [-0.05, 0) is 108 Å². The van der Waals surface area contributed by atoms with Crippen LogP contribution in [-0.4, -0.2) is 0 Å². The molecule has 9 aromatic carbocycles. The number of rotatable bonds is 5. The number of anilines is 3. The maximum Gasteiger partial charge on any atom is 0.0726 e. The molecule has 0 aliphatic heterocycles. The molecular formula is C53H35N. The van der Waals surface area contributed by atoms with Gasteiger partial charge in [0.25, 0.3) is 0 Å². The van der Waals surface area contributed by atoms with Crippen molar-refractivity contribution < 1.29 is 0 Å². The minimum atomic E-state index is -0.391. The first-order valence-electron chi connectivity index (χ1n) is 18.8. The van der Waals surface area contributed by atoms with E-state index in [2.05, 4.69) is 217 Å². The van der Waals surface area contributed by atoms with Gasteiger partial charge in [0.05, 0.1) is 11.1 Å². The van der Waals surface area contributed by atoms with Crippen molar-refractivity contribution in [3.8, 4) is 44.5 Å². The van der Waals surface area contributed by atoms with Gasteiger partial charge in [0.2, 0.25) is 0 Å². The quantitative estimate of drug-likeness (QED) is 0.174. The lowest BCUT2D eigenvalue weighted by Crippen LogP contribution is -2.26. The molecule has 0 atom stereocenters. The molecule has 0 saturated heterocycles. The molecule has 0 N–H and O–H groups in total. The van der Waals surface area contributed by atoms with E-state index in [1.165, 1.54) is 83.2 Å². The molecule has 2 aliphatic carbocycles. The summed E-state index contributed by atoms with van der Waals surface area (Å²) in [4.78, 5) is 2.44. The van der Waals surface area contributed by atoms with Gasteiger partial charge in [-0.1, -0.05) is 176 Å². The van der Waals surface area contributed by atoms with E-state index in [0.717, 1.165) is 11.4 Å². The topological polar surface area (TPSA) is 3.24 Å². The first kappa shape index (κ1) is 30.6. The maximum atomic E-state index is 2.44. The van der Waals surface area contributed by atoms with E-state index >= 15 is 0 Å². The highest BCUT2D eigenvalue weighted by molar-refractivity contribution is 6.02. The number of fused-ring (bicyclic) bond motifs is 11. The van der Waals surface area contributed by atoms with Crippen molar-refractivity contribution in [2.24, 2.45) is 0 Å². The normalized spacial score (nSPS) is 13.0. The fourth-order valence-electron chi connectivity index (χ4n) is 9.45. The number of benzene rings is 9. The van der Waals surface area contributed by atoms with Crippen LogP contribution in [0.2, 0.25) is 0 Å². The average molecular weight is 686 g/mol. The van der Waals surface area contributed by atoms with Crippen LogP contribution >= 0.6 is 0 Å². The van der Waals surface area contributed by atoms with Crippen LogP contribution in [0.3, 0.4) is 0 Å². The van der Waals surface area contributed by atoms with Gasteiger partial charge in [0.1, 0.15) is 0 Å². The predicted octanol–water partition coefficient (Wildman–Crippen LogP) is 14.0. The van der Waals surface area contributed by atoms with Gasteiger partial charge in [0, 0.05) is 16.9 Å². The molecule has 1 spiro atoms. The van der Waals surface area contributed by atoms with Crippen LogP contribution in [-0.2, 0) is 5.41 Å². The highest BCUT2D eigenvalue weighted by atomic mass is 15.1. The summed E-state index contributed by atoms with van der Waals surface area (Å²) in [7, 11) is 0. The number of hydrogen-bond donors (Lipinski definition) is 0. The number of hydrogen-bond acceptors (Lipinski definition) is 1. The molecule has 9 aromatic rings. The largest absolute Gasteiger partial charge is 0.310 e. The van der Waals surface area contributed by atoms with Crippen molar-refractivity contribution >= 4 is 27.8 Å². The molecular weight excluding hydrogens is 651 g/mol. The summed E-state index contributed by atoms with van der Waals surface area (Å²) in [6.45, 7) is 0. The second-order valence-electron chi connectivity index (χ2n) is 14.4. The van der Waals surface area contributed by atoms with Crippen molar-refractivity contribution in [3.05, 3.63) is 235 Å². The monoisotopic (exact) mass is 685 g/mol. The zero-order valence-corrected chi connectivity index (χ0v) is 29.7. The van der Waals surface area contributed by atoms with E-state index in [4.69, 9.17) is 0 Å². The Kier molecular flexibility index (Phi) is 6.84. The molecule has 54 heavy (non-hydrogen) atoms. The van der Waals surface area contributed by atoms with Crippen LogP contribution in [0.4, 0.5) is 17.1 Å². The maximum absolute atomic E-state index is 2.44. The van der Waals surface area contributed by atoms with E-state index in [9.17, 15) is 0 Å². The van der Waals surface area contributed by atoms with Crippen LogP contribution < -0.4 is 4.90 Å². The summed E-state index contributed by atoms with van der Waals surface area (Å²) in [5.74, 6) is 0. The summed E-state index contributed by atoms with van der Waals surface area (Å²) >= 11 is 0. The molecule has 2 aliphatic rings. The van der Waals surface area contributed by atoms with Crippen molar-refractivity contribution in [1.82, 2.24) is 0 Å². The van der Waals surface area contributed by atoms with E-state index in [1.54, 1.807) is 0 Å². The minimum Gasteiger partial charge on any atom is -0.310 e. The molecule has 0 aromatic heterocycles. The molecule has 0 saturated carbocycles. The molecule has 11 rings (SSSR count). The van der Waals surface area contributed by atoms with Crippen molar-refractivity contribution in [3.63, 3.8) is 0 Å². The molecule has 0 bridgehead atoms. The summed E-state index contributed by atoms with van der Waals surface area (Å²) in [5.41, 5.74) is 18.6. The van der Waals surface area contributed by atoms with Gasteiger partial charge in [0.15, 0.2) is 0 Å². The van der Waals surface area contributed by atoms with E-state index in [0.29, 0.717) is 0 Å². The Bertz CT molecular complexity index is 2820. The van der Waals surface area contributed by atoms with E-state index in [1.807, 2.05) is 0 Å². The zero-order chi connectivity index (χ0) is 35.6. The van der Waals surface area contributed by atoms with Gasteiger partial charge in [-0.2, -0.15) is 0 Å². The molecule has 0 amide bonds. The molecule has 0 fully saturated rings. The highest BCUT2D eigenvalue weighted by Gasteiger charge is 2.52. The van der Waals surface area contributed by atoms with Gasteiger partial charge in [-0.3, -0.25) is 0 Å². The lowest BCUT2D eigenvalue weighted by Gasteiger charge is -2.31. The van der Waals surface area contributed by atoms with Crippen molar-refractivity contribution in [1.29, 1.82) is 0 Å². The fourth-order valence-corrected chi connectivity index (χ4v) is 9.45. The summed E-state index contributed by atoms with van der Waals surface area (Å²) < 4.78 is 0. The van der Waals surface area contributed by atoms with Gasteiger partial charge in [-0.15, -0.1) is 0 Å². The Hall–Kier alpha value is -6.96. The second-order valence-corrected chi connectivity index (χ2v) is 14.4. The molecule has 252 valence electrons. The van der Waals surface area contributed by atoms with Crippen LogP contribution in [0, 0.1) is 0 Å². The third kappa shape index (κ3) is 4.39. The molecule has 1 heteroatoms. The predicted molar refractivity (Wildman–Crippen MR) is 226 cm³/mol. The third-order valence-electron chi connectivity index (χ3n) is 11.7. The Morgan fingerprint density at radius 3 is 1.54 bits per heavy atom. The summed E-state index contributed by atoms with van der Waals surface area (Å²) in [6, 6.07) is 78.1. The Morgan fingerprint density at radius 1 is 0.315 bits per heavy atom. The summed E-state index contributed by atoms with van der Waals surface area (Å²) in [6.07, 6.45) is 0. The Morgan fingerprint density at radius 2 is 0.833 bits per heavy atom. The standard InChI is InChI=1S/C53H35N/c1-3-15-37(16-4-1)42-23-13-17-39-35-38(31-34-43(39)42)36-29-32-41(33-30-36)54(40-18-5-2-6-19-40)51-28-14-27-50-52(51)46-22-9-12-26-49(46)53(50)47-24-10-7-20-44(47)45-21-8-11-25-48(45)53/h1-35H. The van der Waals surface area contributed by atoms with Crippen molar-refractivity contribution in [2.45, 2.75) is 5.41 Å². The van der Waals surface area contributed by atoms with Crippen LogP contribution in [0.25, 0.3) is 55.3 Å². The zero-order valence-electron chi connectivity index (χ0n) is 29.7. The van der Waals surface area contributed by atoms with E-state index < -0.39 is 5.41 Å². The number of nitrogens with zero attached hydrogens (tertiary/aromatic N) is 1. The third-order valence-corrected chi connectivity index (χ3v) is 11.7. The van der Waals surface area contributed by atoms with Gasteiger partial charge < -0.3 is 4.90 Å². The Balaban J connectivity index is 1.07. The first-order chi connectivity index (χ1) is 26.8. The molecule has 0 radical (unpaired) electrons. The van der Waals surface area contributed by atoms with Crippen LogP contribution in [0.5, 0.6) is 0 Å². The molecule has 0 heterocycles.